The maximum atomic E-state index is 4.75. The highest BCUT2D eigenvalue weighted by atomic mass is 15.5. The van der Waals surface area contributed by atoms with Crippen LogP contribution in [0.25, 0.3) is 0 Å². The quantitative estimate of drug-likeness (QED) is 0.362. The number of rotatable bonds is 5. The summed E-state index contributed by atoms with van der Waals surface area (Å²) in [5.41, 5.74) is 6.03. The molecule has 0 N–H and O–H groups in total. The van der Waals surface area contributed by atoms with E-state index in [-0.39, 0.29) is 0 Å². The lowest BCUT2D eigenvalue weighted by Crippen LogP contribution is -2.29. The molecule has 0 saturated heterocycles. The van der Waals surface area contributed by atoms with Gasteiger partial charge in [-0.1, -0.05) is 70.2 Å². The molecule has 0 amide bonds. The molecule has 0 saturated carbocycles. The highest BCUT2D eigenvalue weighted by Gasteiger charge is 2.24. The third-order valence-electron chi connectivity index (χ3n) is 4.58. The molecule has 138 valence electrons. The molecule has 2 aromatic rings. The number of amidine groups is 1. The second kappa shape index (κ2) is 8.79. The van der Waals surface area contributed by atoms with Crippen LogP contribution in [-0.2, 0) is 0 Å². The van der Waals surface area contributed by atoms with Crippen LogP contribution < -0.4 is 5.01 Å². The van der Waals surface area contributed by atoms with Crippen molar-refractivity contribution in [2.24, 2.45) is 10.1 Å². The fourth-order valence-electron chi connectivity index (χ4n) is 3.24. The lowest BCUT2D eigenvalue weighted by molar-refractivity contribution is 0.824. The van der Waals surface area contributed by atoms with Gasteiger partial charge in [-0.15, -0.1) is 0 Å². The molecule has 0 aliphatic heterocycles. The van der Waals surface area contributed by atoms with E-state index in [9.17, 15) is 0 Å². The maximum Gasteiger partial charge on any atom is 0.156 e. The van der Waals surface area contributed by atoms with Crippen LogP contribution in [0.1, 0.15) is 68.7 Å². The molecular formula is C23H31N3. The summed E-state index contributed by atoms with van der Waals surface area (Å²) in [6.07, 6.45) is 1.84. The van der Waals surface area contributed by atoms with Gasteiger partial charge >= 0.3 is 0 Å². The minimum absolute atomic E-state index is 0.397. The van der Waals surface area contributed by atoms with Gasteiger partial charge in [0, 0.05) is 18.8 Å². The monoisotopic (exact) mass is 349 g/mol. The van der Waals surface area contributed by atoms with E-state index in [1.54, 1.807) is 0 Å². The van der Waals surface area contributed by atoms with Gasteiger partial charge in [-0.2, -0.15) is 5.10 Å². The minimum Gasteiger partial charge on any atom is -0.270 e. The molecule has 2 rings (SSSR count). The van der Waals surface area contributed by atoms with E-state index in [0.717, 1.165) is 17.1 Å². The summed E-state index contributed by atoms with van der Waals surface area (Å²) in [4.78, 5) is 4.64. The van der Waals surface area contributed by atoms with Crippen LogP contribution in [0.3, 0.4) is 0 Å². The maximum absolute atomic E-state index is 4.75. The van der Waals surface area contributed by atoms with Crippen molar-refractivity contribution in [1.29, 1.82) is 0 Å². The summed E-state index contributed by atoms with van der Waals surface area (Å²) in [5.74, 6) is 1.66. The Labute approximate surface area is 158 Å². The minimum atomic E-state index is 0.397. The Hall–Kier alpha value is -2.42. The molecule has 0 aliphatic carbocycles. The first-order valence-electron chi connectivity index (χ1n) is 9.36. The first kappa shape index (κ1) is 19.9. The van der Waals surface area contributed by atoms with Crippen molar-refractivity contribution in [3.8, 4) is 0 Å². The number of nitrogens with zero attached hydrogens (tertiary/aromatic N) is 3. The van der Waals surface area contributed by atoms with Crippen LogP contribution in [0.2, 0.25) is 0 Å². The van der Waals surface area contributed by atoms with Gasteiger partial charge in [0.2, 0.25) is 0 Å². The molecule has 0 bridgehead atoms. The lowest BCUT2D eigenvalue weighted by atomic mass is 9.92. The second-order valence-corrected chi connectivity index (χ2v) is 7.14. The first-order valence-corrected chi connectivity index (χ1v) is 9.36. The summed E-state index contributed by atoms with van der Waals surface area (Å²) in [7, 11) is 1.84. The molecule has 0 unspecified atom stereocenters. The molecule has 0 spiro atoms. The standard InChI is InChI=1S/C23H31N3/c1-8-25-26(23(24-7)21-13-10-9-12-18(21)6)22-19(16(2)3)14-11-15-20(22)17(4)5/h8-17H,1-7H3/b24-23+,25-8-. The summed E-state index contributed by atoms with van der Waals surface area (Å²) in [6.45, 7) is 13.0. The third-order valence-corrected chi connectivity index (χ3v) is 4.58. The van der Waals surface area contributed by atoms with Crippen LogP contribution in [0.15, 0.2) is 52.6 Å². The van der Waals surface area contributed by atoms with E-state index in [0.29, 0.717) is 11.8 Å². The third kappa shape index (κ3) is 4.04. The number of para-hydroxylation sites is 1. The van der Waals surface area contributed by atoms with Crippen LogP contribution in [0.5, 0.6) is 0 Å². The van der Waals surface area contributed by atoms with E-state index in [1.807, 2.05) is 25.2 Å². The molecule has 0 aliphatic rings. The Bertz CT molecular complexity index is 775. The molecule has 0 fully saturated rings. The smallest absolute Gasteiger partial charge is 0.156 e. The fraction of sp³-hybridized carbons (Fsp3) is 0.391. The van der Waals surface area contributed by atoms with Crippen LogP contribution in [-0.4, -0.2) is 19.1 Å². The van der Waals surface area contributed by atoms with Crippen molar-refractivity contribution in [3.63, 3.8) is 0 Å². The Morgan fingerprint density at radius 2 is 1.50 bits per heavy atom. The predicted molar refractivity (Wildman–Crippen MR) is 115 cm³/mol. The highest BCUT2D eigenvalue weighted by Crippen LogP contribution is 2.36. The zero-order valence-corrected chi connectivity index (χ0v) is 17.1. The van der Waals surface area contributed by atoms with E-state index in [1.165, 1.54) is 16.7 Å². The van der Waals surface area contributed by atoms with Crippen LogP contribution >= 0.6 is 0 Å². The topological polar surface area (TPSA) is 28.0 Å². The average molecular weight is 350 g/mol. The Kier molecular flexibility index (Phi) is 6.73. The van der Waals surface area contributed by atoms with Gasteiger partial charge in [0.1, 0.15) is 0 Å². The number of benzene rings is 2. The Balaban J connectivity index is 2.77. The van der Waals surface area contributed by atoms with Crippen LogP contribution in [0.4, 0.5) is 5.69 Å². The highest BCUT2D eigenvalue weighted by molar-refractivity contribution is 6.11. The predicted octanol–water partition coefficient (Wildman–Crippen LogP) is 6.13. The summed E-state index contributed by atoms with van der Waals surface area (Å²) in [5, 5.41) is 6.77. The van der Waals surface area contributed by atoms with Gasteiger partial charge in [0.25, 0.3) is 0 Å². The zero-order valence-electron chi connectivity index (χ0n) is 17.1. The number of hydrazone groups is 1. The van der Waals surface area contributed by atoms with Gasteiger partial charge in [0.15, 0.2) is 5.84 Å². The largest absolute Gasteiger partial charge is 0.270 e. The number of anilines is 1. The fourth-order valence-corrected chi connectivity index (χ4v) is 3.24. The summed E-state index contributed by atoms with van der Waals surface area (Å²) in [6, 6.07) is 14.9. The van der Waals surface area contributed by atoms with Crippen molar-refractivity contribution < 1.29 is 0 Å². The van der Waals surface area contributed by atoms with Gasteiger partial charge in [-0.3, -0.25) is 4.99 Å². The molecular weight excluding hydrogens is 318 g/mol. The number of hydrogen-bond donors (Lipinski definition) is 0. The SMILES string of the molecule is C/C=N\N(/C(=N/C)c1ccccc1C)c1c(C(C)C)cccc1C(C)C. The number of hydrogen-bond acceptors (Lipinski definition) is 2. The zero-order chi connectivity index (χ0) is 19.3. The molecule has 0 aromatic heterocycles. The average Bonchev–Trinajstić information content (AvgIpc) is 2.62. The van der Waals surface area contributed by atoms with Crippen LogP contribution in [0, 0.1) is 6.92 Å². The molecule has 0 atom stereocenters. The van der Waals surface area contributed by atoms with Crippen molar-refractivity contribution in [3.05, 3.63) is 64.7 Å². The Morgan fingerprint density at radius 3 is 1.96 bits per heavy atom. The first-order chi connectivity index (χ1) is 12.4. The second-order valence-electron chi connectivity index (χ2n) is 7.14. The molecule has 3 nitrogen and oxygen atoms in total. The van der Waals surface area contributed by atoms with E-state index < -0.39 is 0 Å². The summed E-state index contributed by atoms with van der Waals surface area (Å²) >= 11 is 0. The lowest BCUT2D eigenvalue weighted by Gasteiger charge is -2.29. The van der Waals surface area contributed by atoms with Gasteiger partial charge in [0.05, 0.1) is 5.69 Å². The molecule has 2 aromatic carbocycles. The van der Waals surface area contributed by atoms with Gasteiger partial charge in [-0.05, 0) is 42.4 Å². The van der Waals surface area contributed by atoms with Crippen molar-refractivity contribution >= 4 is 17.7 Å². The normalized spacial score (nSPS) is 12.4. The van der Waals surface area contributed by atoms with Gasteiger partial charge in [-0.25, -0.2) is 5.01 Å². The Morgan fingerprint density at radius 1 is 0.923 bits per heavy atom. The van der Waals surface area contributed by atoms with Crippen molar-refractivity contribution in [1.82, 2.24) is 0 Å². The molecule has 26 heavy (non-hydrogen) atoms. The van der Waals surface area contributed by atoms with Crippen molar-refractivity contribution in [2.75, 3.05) is 12.1 Å². The van der Waals surface area contributed by atoms with E-state index in [2.05, 4.69) is 82.1 Å². The molecule has 0 heterocycles. The molecule has 3 heteroatoms. The van der Waals surface area contributed by atoms with E-state index >= 15 is 0 Å². The van der Waals surface area contributed by atoms with Gasteiger partial charge < -0.3 is 0 Å². The van der Waals surface area contributed by atoms with E-state index in [4.69, 9.17) is 5.10 Å². The van der Waals surface area contributed by atoms with Crippen molar-refractivity contribution in [2.45, 2.75) is 53.4 Å². The summed E-state index contributed by atoms with van der Waals surface area (Å²) < 4.78 is 0. The molecule has 0 radical (unpaired) electrons. The number of aryl methyl sites for hydroxylation is 1. The number of aliphatic imine (C=N–C) groups is 1.